The Morgan fingerprint density at radius 2 is 1.90 bits per heavy atom. The Kier molecular flexibility index (Phi) is 8.17. The van der Waals surface area contributed by atoms with Gasteiger partial charge in [-0.3, -0.25) is 4.79 Å². The lowest BCUT2D eigenvalue weighted by Crippen LogP contribution is -2.30. The van der Waals surface area contributed by atoms with Crippen LogP contribution in [0.2, 0.25) is 0 Å². The molecule has 3 rings (SSSR count). The molecule has 0 amide bonds. The van der Waals surface area contributed by atoms with Crippen LogP contribution >= 0.6 is 23.2 Å². The van der Waals surface area contributed by atoms with Gasteiger partial charge in [0.25, 0.3) is 0 Å². The number of hydrogen-bond donors (Lipinski definition) is 0. The first-order chi connectivity index (χ1) is 15.0. The minimum absolute atomic E-state index is 0.0125. The highest BCUT2D eigenvalue weighted by atomic mass is 35.5. The summed E-state index contributed by atoms with van der Waals surface area (Å²) in [5, 5.41) is 9.70. The predicted octanol–water partition coefficient (Wildman–Crippen LogP) is 7.12. The van der Waals surface area contributed by atoms with E-state index in [4.69, 9.17) is 32.7 Å². The molecule has 0 spiro atoms. The second-order valence-electron chi connectivity index (χ2n) is 7.44. The Bertz CT molecular complexity index is 993. The highest BCUT2D eigenvalue weighted by Crippen LogP contribution is 2.35. The van der Waals surface area contributed by atoms with E-state index in [9.17, 15) is 10.1 Å². The van der Waals surface area contributed by atoms with Gasteiger partial charge in [-0.05, 0) is 48.9 Å². The molecule has 2 aromatic rings. The fraction of sp³-hybridized carbons (Fsp3) is 0.280. The van der Waals surface area contributed by atoms with Crippen molar-refractivity contribution in [2.45, 2.75) is 25.9 Å². The van der Waals surface area contributed by atoms with Gasteiger partial charge in [-0.25, -0.2) is 0 Å². The Labute approximate surface area is 192 Å². The van der Waals surface area contributed by atoms with E-state index in [2.05, 4.69) is 12.1 Å². The lowest BCUT2D eigenvalue weighted by molar-refractivity contribution is -0.154. The molecule has 0 aliphatic heterocycles. The van der Waals surface area contributed by atoms with Crippen molar-refractivity contribution in [3.05, 3.63) is 82.9 Å². The van der Waals surface area contributed by atoms with Crippen molar-refractivity contribution in [2.75, 3.05) is 0 Å². The number of carbonyl (C=O) groups excluding carboxylic acids is 1. The highest BCUT2D eigenvalue weighted by Gasteiger charge is 2.35. The SMILES string of the molecule is CC(C=C(Cl)Cl)C(C(=O)OC(C#N)c1cccc(Oc2ccccc2)c1)C1C=CCC1. The number of para-hydroxylation sites is 1. The van der Waals surface area contributed by atoms with Crippen LogP contribution in [0.25, 0.3) is 0 Å². The molecule has 1 aliphatic rings. The molecule has 0 heterocycles. The smallest absolute Gasteiger partial charge is 0.311 e. The van der Waals surface area contributed by atoms with Crippen LogP contribution in [0.5, 0.6) is 11.5 Å². The summed E-state index contributed by atoms with van der Waals surface area (Å²) >= 11 is 11.7. The zero-order valence-electron chi connectivity index (χ0n) is 17.1. The van der Waals surface area contributed by atoms with Gasteiger partial charge in [0.1, 0.15) is 22.1 Å². The average molecular weight is 456 g/mol. The molecule has 0 saturated heterocycles. The van der Waals surface area contributed by atoms with Crippen molar-refractivity contribution in [1.82, 2.24) is 0 Å². The molecule has 0 saturated carbocycles. The molecule has 0 aromatic heterocycles. The van der Waals surface area contributed by atoms with E-state index in [-0.39, 0.29) is 16.3 Å². The first-order valence-corrected chi connectivity index (χ1v) is 10.9. The van der Waals surface area contributed by atoms with Crippen molar-refractivity contribution in [3.63, 3.8) is 0 Å². The lowest BCUT2D eigenvalue weighted by Gasteiger charge is -2.26. The van der Waals surface area contributed by atoms with Crippen molar-refractivity contribution < 1.29 is 14.3 Å². The van der Waals surface area contributed by atoms with Crippen LogP contribution in [-0.2, 0) is 9.53 Å². The zero-order chi connectivity index (χ0) is 22.2. The Morgan fingerprint density at radius 3 is 2.55 bits per heavy atom. The number of allylic oxidation sites excluding steroid dienone is 3. The molecule has 1 aliphatic carbocycles. The number of rotatable bonds is 8. The van der Waals surface area contributed by atoms with E-state index < -0.39 is 18.0 Å². The topological polar surface area (TPSA) is 59.3 Å². The van der Waals surface area contributed by atoms with Gasteiger partial charge in [0, 0.05) is 5.56 Å². The highest BCUT2D eigenvalue weighted by molar-refractivity contribution is 6.55. The van der Waals surface area contributed by atoms with Gasteiger partial charge in [0.15, 0.2) is 0 Å². The monoisotopic (exact) mass is 455 g/mol. The van der Waals surface area contributed by atoms with E-state index in [1.54, 1.807) is 30.3 Å². The molecule has 4 unspecified atom stereocenters. The molecule has 4 nitrogen and oxygen atoms in total. The largest absolute Gasteiger partial charge is 0.457 e. The molecule has 0 fully saturated rings. The molecule has 6 heteroatoms. The molecule has 160 valence electrons. The maximum atomic E-state index is 13.1. The third-order valence-corrected chi connectivity index (χ3v) is 5.48. The van der Waals surface area contributed by atoms with Gasteiger partial charge in [-0.1, -0.05) is 78.7 Å². The van der Waals surface area contributed by atoms with Crippen LogP contribution in [-0.4, -0.2) is 5.97 Å². The second kappa shape index (κ2) is 11.0. The molecular weight excluding hydrogens is 433 g/mol. The molecule has 2 aromatic carbocycles. The van der Waals surface area contributed by atoms with Crippen LogP contribution in [0.1, 0.15) is 31.4 Å². The Hall–Kier alpha value is -2.74. The summed E-state index contributed by atoms with van der Waals surface area (Å²) in [6.07, 6.45) is 6.40. The van der Waals surface area contributed by atoms with Crippen LogP contribution in [0.15, 0.2) is 77.3 Å². The number of benzene rings is 2. The van der Waals surface area contributed by atoms with Crippen LogP contribution in [0, 0.1) is 29.1 Å². The van der Waals surface area contributed by atoms with Crippen LogP contribution in [0.4, 0.5) is 0 Å². The summed E-state index contributed by atoms with van der Waals surface area (Å²) in [7, 11) is 0. The third-order valence-electron chi connectivity index (χ3n) is 5.23. The summed E-state index contributed by atoms with van der Waals surface area (Å²) in [4.78, 5) is 13.1. The quantitative estimate of drug-likeness (QED) is 0.313. The number of carbonyl (C=O) groups is 1. The average Bonchev–Trinajstić information content (AvgIpc) is 3.26. The number of nitrogens with zero attached hydrogens (tertiary/aromatic N) is 1. The van der Waals surface area contributed by atoms with E-state index in [0.29, 0.717) is 17.1 Å². The number of esters is 1. The third kappa shape index (κ3) is 6.37. The summed E-state index contributed by atoms with van der Waals surface area (Å²) in [6.45, 7) is 1.87. The second-order valence-corrected chi connectivity index (χ2v) is 8.45. The van der Waals surface area contributed by atoms with Crippen LogP contribution < -0.4 is 4.74 Å². The van der Waals surface area contributed by atoms with Gasteiger partial charge in [-0.15, -0.1) is 0 Å². The standard InChI is InChI=1S/C25H23Cl2NO3/c1-17(14-23(26)27)24(18-8-5-6-9-18)25(29)31-22(16-28)19-10-7-13-21(15-19)30-20-11-3-2-4-12-20/h2-5,7-8,10-15,17-18,22,24H,6,9H2,1H3. The first-order valence-electron chi connectivity index (χ1n) is 10.1. The van der Waals surface area contributed by atoms with E-state index in [1.165, 1.54) is 0 Å². The number of hydrogen-bond acceptors (Lipinski definition) is 4. The maximum absolute atomic E-state index is 13.1. The summed E-state index contributed by atoms with van der Waals surface area (Å²) in [6, 6.07) is 18.4. The number of nitriles is 1. The van der Waals surface area contributed by atoms with E-state index in [1.807, 2.05) is 43.3 Å². The van der Waals surface area contributed by atoms with Gasteiger partial charge >= 0.3 is 5.97 Å². The van der Waals surface area contributed by atoms with E-state index in [0.717, 1.165) is 12.8 Å². The molecule has 0 N–H and O–H groups in total. The number of halogens is 2. The molecule has 31 heavy (non-hydrogen) atoms. The lowest BCUT2D eigenvalue weighted by atomic mass is 9.82. The van der Waals surface area contributed by atoms with Gasteiger partial charge in [-0.2, -0.15) is 5.26 Å². The van der Waals surface area contributed by atoms with Gasteiger partial charge in [0.05, 0.1) is 5.92 Å². The normalized spacial score (nSPS) is 17.8. The molecule has 4 atom stereocenters. The maximum Gasteiger partial charge on any atom is 0.311 e. The van der Waals surface area contributed by atoms with Gasteiger partial charge < -0.3 is 9.47 Å². The fourth-order valence-electron chi connectivity index (χ4n) is 3.77. The molecule has 0 radical (unpaired) electrons. The summed E-state index contributed by atoms with van der Waals surface area (Å²) in [5.41, 5.74) is 0.545. The van der Waals surface area contributed by atoms with E-state index >= 15 is 0 Å². The number of ether oxygens (including phenoxy) is 2. The first kappa shape index (κ1) is 22.9. The Balaban J connectivity index is 1.78. The van der Waals surface area contributed by atoms with Crippen molar-refractivity contribution in [3.8, 4) is 17.6 Å². The summed E-state index contributed by atoms with van der Waals surface area (Å²) < 4.78 is 11.6. The Morgan fingerprint density at radius 1 is 1.16 bits per heavy atom. The van der Waals surface area contributed by atoms with Crippen LogP contribution in [0.3, 0.4) is 0 Å². The van der Waals surface area contributed by atoms with Crippen molar-refractivity contribution in [1.29, 1.82) is 5.26 Å². The predicted molar refractivity (Wildman–Crippen MR) is 122 cm³/mol. The molecule has 0 bridgehead atoms. The van der Waals surface area contributed by atoms with Crippen molar-refractivity contribution >= 4 is 29.2 Å². The minimum atomic E-state index is -1.05. The molecular formula is C25H23Cl2NO3. The van der Waals surface area contributed by atoms with Crippen molar-refractivity contribution in [2.24, 2.45) is 17.8 Å². The minimum Gasteiger partial charge on any atom is -0.457 e. The summed E-state index contributed by atoms with van der Waals surface area (Å²) in [5.74, 6) is 0.0785. The van der Waals surface area contributed by atoms with Gasteiger partial charge in [0.2, 0.25) is 6.10 Å². The zero-order valence-corrected chi connectivity index (χ0v) is 18.6. The fourth-order valence-corrected chi connectivity index (χ4v) is 4.16.